The van der Waals surface area contributed by atoms with Crippen molar-refractivity contribution in [1.82, 2.24) is 14.7 Å². The molecule has 0 N–H and O–H groups in total. The average Bonchev–Trinajstić information content (AvgIpc) is 3.22. The summed E-state index contributed by atoms with van der Waals surface area (Å²) >= 11 is 1.74. The number of fused-ring (bicyclic) bond motifs is 1. The van der Waals surface area contributed by atoms with Crippen molar-refractivity contribution in [3.05, 3.63) is 53.6 Å². The maximum absolute atomic E-state index is 12.7. The van der Waals surface area contributed by atoms with Crippen LogP contribution in [0.4, 0.5) is 0 Å². The van der Waals surface area contributed by atoms with Gasteiger partial charge in [0.1, 0.15) is 0 Å². The molecule has 2 aromatic rings. The zero-order valence-electron chi connectivity index (χ0n) is 17.7. The van der Waals surface area contributed by atoms with Gasteiger partial charge >= 0.3 is 0 Å². The number of hydrogen-bond acceptors (Lipinski definition) is 6. The van der Waals surface area contributed by atoms with Gasteiger partial charge in [-0.25, -0.2) is 0 Å². The molecule has 0 aliphatic carbocycles. The third-order valence-electron chi connectivity index (χ3n) is 5.58. The van der Waals surface area contributed by atoms with E-state index in [-0.39, 0.29) is 5.91 Å². The van der Waals surface area contributed by atoms with Crippen LogP contribution in [-0.2, 0) is 17.9 Å². The highest BCUT2D eigenvalue weighted by atomic mass is 32.2. The molecule has 1 saturated heterocycles. The lowest BCUT2D eigenvalue weighted by Gasteiger charge is -2.35. The summed E-state index contributed by atoms with van der Waals surface area (Å²) in [6.45, 7) is 5.73. The van der Waals surface area contributed by atoms with Crippen LogP contribution >= 0.6 is 11.8 Å². The minimum absolute atomic E-state index is 0.209. The Morgan fingerprint density at radius 3 is 2.43 bits per heavy atom. The highest BCUT2D eigenvalue weighted by Crippen LogP contribution is 2.32. The van der Waals surface area contributed by atoms with E-state index in [2.05, 4.69) is 52.5 Å². The van der Waals surface area contributed by atoms with Crippen molar-refractivity contribution in [2.45, 2.75) is 18.0 Å². The Kier molecular flexibility index (Phi) is 6.82. The van der Waals surface area contributed by atoms with Gasteiger partial charge in [0.05, 0.1) is 6.54 Å². The van der Waals surface area contributed by atoms with Crippen LogP contribution in [-0.4, -0.2) is 73.4 Å². The number of thioether (sulfide) groups is 1. The van der Waals surface area contributed by atoms with Gasteiger partial charge in [-0.3, -0.25) is 14.6 Å². The molecule has 1 amide bonds. The molecule has 0 saturated carbocycles. The Morgan fingerprint density at radius 1 is 1.00 bits per heavy atom. The number of ether oxygens (including phenoxy) is 2. The van der Waals surface area contributed by atoms with Crippen LogP contribution in [0.2, 0.25) is 0 Å². The second-order valence-electron chi connectivity index (χ2n) is 7.86. The van der Waals surface area contributed by atoms with Gasteiger partial charge in [-0.1, -0.05) is 18.2 Å². The first-order chi connectivity index (χ1) is 14.6. The predicted molar refractivity (Wildman–Crippen MR) is 119 cm³/mol. The first-order valence-electron chi connectivity index (χ1n) is 10.3. The molecule has 4 rings (SSSR count). The summed E-state index contributed by atoms with van der Waals surface area (Å²) in [6.07, 6.45) is 2.08. The molecule has 0 unspecified atom stereocenters. The first-order valence-corrected chi connectivity index (χ1v) is 11.5. The van der Waals surface area contributed by atoms with Crippen molar-refractivity contribution in [3.8, 4) is 11.5 Å². The molecule has 2 heterocycles. The van der Waals surface area contributed by atoms with E-state index >= 15 is 0 Å². The number of amides is 1. The number of likely N-dealkylation sites (N-methyl/N-ethyl adjacent to an activating group) is 1. The van der Waals surface area contributed by atoms with E-state index in [9.17, 15) is 4.79 Å². The third-order valence-corrected chi connectivity index (χ3v) is 6.33. The molecule has 160 valence electrons. The van der Waals surface area contributed by atoms with Gasteiger partial charge in [-0.15, -0.1) is 11.8 Å². The number of rotatable bonds is 7. The van der Waals surface area contributed by atoms with Gasteiger partial charge in [0.2, 0.25) is 12.7 Å². The molecule has 0 bridgehead atoms. The number of benzene rings is 2. The molecule has 0 spiro atoms. The van der Waals surface area contributed by atoms with Gasteiger partial charge in [0.25, 0.3) is 0 Å². The van der Waals surface area contributed by atoms with Gasteiger partial charge in [0.15, 0.2) is 11.5 Å². The Labute approximate surface area is 182 Å². The van der Waals surface area contributed by atoms with E-state index in [0.29, 0.717) is 13.3 Å². The second-order valence-corrected chi connectivity index (χ2v) is 8.74. The van der Waals surface area contributed by atoms with Crippen molar-refractivity contribution in [3.63, 3.8) is 0 Å². The fraction of sp³-hybridized carbons (Fsp3) is 0.435. The molecule has 1 fully saturated rings. The zero-order valence-corrected chi connectivity index (χ0v) is 18.5. The summed E-state index contributed by atoms with van der Waals surface area (Å²) in [5, 5.41) is 0. The highest BCUT2D eigenvalue weighted by molar-refractivity contribution is 7.98. The summed E-state index contributed by atoms with van der Waals surface area (Å²) in [6, 6.07) is 14.7. The first kappa shape index (κ1) is 21.0. The number of piperazine rings is 1. The quantitative estimate of drug-likeness (QED) is 0.633. The van der Waals surface area contributed by atoms with Gasteiger partial charge in [0, 0.05) is 44.2 Å². The van der Waals surface area contributed by atoms with Gasteiger partial charge < -0.3 is 14.4 Å². The van der Waals surface area contributed by atoms with Crippen LogP contribution in [0.15, 0.2) is 47.4 Å². The summed E-state index contributed by atoms with van der Waals surface area (Å²) in [4.78, 5) is 20.5. The largest absolute Gasteiger partial charge is 0.454 e. The molecule has 2 aliphatic rings. The summed E-state index contributed by atoms with van der Waals surface area (Å²) in [7, 11) is 2.01. The lowest BCUT2D eigenvalue weighted by atomic mass is 10.1. The van der Waals surface area contributed by atoms with Crippen LogP contribution in [0.3, 0.4) is 0 Å². The normalized spacial score (nSPS) is 16.3. The van der Waals surface area contributed by atoms with Crippen LogP contribution < -0.4 is 9.47 Å². The minimum atomic E-state index is 0.209. The van der Waals surface area contributed by atoms with Crippen molar-refractivity contribution in [1.29, 1.82) is 0 Å². The number of carbonyl (C=O) groups is 1. The molecule has 7 heteroatoms. The maximum Gasteiger partial charge on any atom is 0.236 e. The maximum atomic E-state index is 12.7. The summed E-state index contributed by atoms with van der Waals surface area (Å²) in [5.41, 5.74) is 2.45. The second kappa shape index (κ2) is 9.73. The zero-order chi connectivity index (χ0) is 20.9. The SMILES string of the molecule is CSc1ccc(CN(C)CC(=O)N2CCN(Cc3ccc4c(c3)OCO4)CC2)cc1. The van der Waals surface area contributed by atoms with Gasteiger partial charge in [-0.05, 0) is 48.7 Å². The summed E-state index contributed by atoms with van der Waals surface area (Å²) in [5.74, 6) is 1.85. The van der Waals surface area contributed by atoms with E-state index < -0.39 is 0 Å². The lowest BCUT2D eigenvalue weighted by molar-refractivity contribution is -0.134. The van der Waals surface area contributed by atoms with E-state index in [4.69, 9.17) is 9.47 Å². The van der Waals surface area contributed by atoms with Crippen molar-refractivity contribution in [2.75, 3.05) is 52.8 Å². The Hall–Kier alpha value is -2.22. The third kappa shape index (κ3) is 5.28. The van der Waals surface area contributed by atoms with Crippen molar-refractivity contribution < 1.29 is 14.3 Å². The minimum Gasteiger partial charge on any atom is -0.454 e. The topological polar surface area (TPSA) is 45.3 Å². The van der Waals surface area contributed by atoms with E-state index in [1.165, 1.54) is 16.0 Å². The summed E-state index contributed by atoms with van der Waals surface area (Å²) < 4.78 is 10.8. The Morgan fingerprint density at radius 2 is 1.70 bits per heavy atom. The molecular weight excluding hydrogens is 398 g/mol. The highest BCUT2D eigenvalue weighted by Gasteiger charge is 2.22. The standard InChI is InChI=1S/C23H29N3O3S/c1-24(14-18-3-6-20(30-2)7-4-18)16-23(27)26-11-9-25(10-12-26)15-19-5-8-21-22(13-19)29-17-28-21/h3-8,13H,9-12,14-17H2,1-2H3. The number of hydrogen-bond donors (Lipinski definition) is 0. The van der Waals surface area contributed by atoms with Crippen molar-refractivity contribution in [2.24, 2.45) is 0 Å². The van der Waals surface area contributed by atoms with Crippen LogP contribution in [0.25, 0.3) is 0 Å². The number of carbonyl (C=O) groups excluding carboxylic acids is 1. The Bertz CT molecular complexity index is 866. The fourth-order valence-electron chi connectivity index (χ4n) is 3.88. The lowest BCUT2D eigenvalue weighted by Crippen LogP contribution is -2.50. The van der Waals surface area contributed by atoms with Crippen LogP contribution in [0, 0.1) is 0 Å². The van der Waals surface area contributed by atoms with E-state index in [0.717, 1.165) is 50.8 Å². The predicted octanol–water partition coefficient (Wildman–Crippen LogP) is 2.91. The average molecular weight is 428 g/mol. The van der Waals surface area contributed by atoms with Crippen LogP contribution in [0.1, 0.15) is 11.1 Å². The molecule has 6 nitrogen and oxygen atoms in total. The number of nitrogens with zero attached hydrogens (tertiary/aromatic N) is 3. The molecule has 0 atom stereocenters. The molecule has 30 heavy (non-hydrogen) atoms. The molecule has 0 aromatic heterocycles. The monoisotopic (exact) mass is 427 g/mol. The van der Waals surface area contributed by atoms with E-state index in [1.807, 2.05) is 18.0 Å². The van der Waals surface area contributed by atoms with Crippen molar-refractivity contribution >= 4 is 17.7 Å². The molecule has 0 radical (unpaired) electrons. The molecular formula is C23H29N3O3S. The fourth-order valence-corrected chi connectivity index (χ4v) is 4.29. The Balaban J connectivity index is 1.21. The smallest absolute Gasteiger partial charge is 0.236 e. The molecule has 2 aliphatic heterocycles. The van der Waals surface area contributed by atoms with E-state index in [1.54, 1.807) is 11.8 Å². The van der Waals surface area contributed by atoms with Gasteiger partial charge in [-0.2, -0.15) is 0 Å². The molecule has 2 aromatic carbocycles. The van der Waals surface area contributed by atoms with Crippen LogP contribution in [0.5, 0.6) is 11.5 Å².